The molecule has 0 spiro atoms. The molecule has 40 heavy (non-hydrogen) atoms. The molecule has 3 heterocycles. The molecule has 0 bridgehead atoms. The molecule has 16 heteroatoms. The number of aromatic amines is 1. The van der Waals surface area contributed by atoms with Crippen LogP contribution in [0.1, 0.15) is 52.5 Å². The molecular formula is C24H32N2O13S. The second-order valence-electron chi connectivity index (χ2n) is 9.12. The van der Waals surface area contributed by atoms with E-state index in [2.05, 4.69) is 4.98 Å². The summed E-state index contributed by atoms with van der Waals surface area (Å²) in [6.45, 7) is 5.60. The standard InChI is InChI=1S/C24H32N2O13S/c1-10(27)33-8-17-21(37-13(4)30)22(38-14(5)31)18(23(32-6)39-17)26-7-15(25-24(26)40)19-20(36-12(3)29)16(9-34-19)35-11(2)28/h7,16-23H,8-9H2,1-6H3,(H,25,40)/t16-,17-,18-,19+,20-,21-,22-,23+/m1/s1. The van der Waals surface area contributed by atoms with Crippen molar-refractivity contribution >= 4 is 42.1 Å². The molecule has 15 nitrogen and oxygen atoms in total. The number of imidazole rings is 1. The SMILES string of the molecule is CO[C@H]1O[C@H](COC(C)=O)[C@@H](OC(C)=O)[C@H](OC(C)=O)[C@H]1n1cc([C@@H]2OC[C@@H](OC(C)=O)[C@H]2OC(C)=O)[nH]c1=S. The normalized spacial score (nSPS) is 29.8. The van der Waals surface area contributed by atoms with Gasteiger partial charge >= 0.3 is 29.8 Å². The molecule has 2 fully saturated rings. The highest BCUT2D eigenvalue weighted by molar-refractivity contribution is 7.71. The Labute approximate surface area is 234 Å². The lowest BCUT2D eigenvalue weighted by Crippen LogP contribution is -2.59. The van der Waals surface area contributed by atoms with Crippen LogP contribution in [0.5, 0.6) is 0 Å². The summed E-state index contributed by atoms with van der Waals surface area (Å²) in [5, 5.41) is 0. The molecule has 0 unspecified atom stereocenters. The van der Waals surface area contributed by atoms with Crippen LogP contribution in [0.2, 0.25) is 0 Å². The largest absolute Gasteiger partial charge is 0.463 e. The molecule has 0 saturated carbocycles. The van der Waals surface area contributed by atoms with Crippen molar-refractivity contribution in [3.63, 3.8) is 0 Å². The highest BCUT2D eigenvalue weighted by Gasteiger charge is 2.52. The van der Waals surface area contributed by atoms with Gasteiger partial charge in [-0.05, 0) is 12.2 Å². The summed E-state index contributed by atoms with van der Waals surface area (Å²) in [6.07, 6.45) is -5.86. The Morgan fingerprint density at radius 3 is 2.02 bits per heavy atom. The summed E-state index contributed by atoms with van der Waals surface area (Å²) in [6, 6.07) is -1.01. The van der Waals surface area contributed by atoms with Gasteiger partial charge in [0.1, 0.15) is 24.9 Å². The van der Waals surface area contributed by atoms with Crippen LogP contribution in [0.15, 0.2) is 6.20 Å². The van der Waals surface area contributed by atoms with E-state index in [9.17, 15) is 24.0 Å². The van der Waals surface area contributed by atoms with Crippen LogP contribution in [0.4, 0.5) is 0 Å². The van der Waals surface area contributed by atoms with Crippen molar-refractivity contribution in [2.75, 3.05) is 20.3 Å². The fourth-order valence-corrected chi connectivity index (χ4v) is 4.95. The molecule has 8 atom stereocenters. The number of ether oxygens (including phenoxy) is 8. The number of carbonyl (C=O) groups excluding carboxylic acids is 5. The molecule has 0 aliphatic carbocycles. The lowest BCUT2D eigenvalue weighted by molar-refractivity contribution is -0.280. The molecule has 2 aliphatic heterocycles. The first kappa shape index (κ1) is 31.2. The van der Waals surface area contributed by atoms with E-state index in [1.165, 1.54) is 45.6 Å². The average molecular weight is 589 g/mol. The van der Waals surface area contributed by atoms with Gasteiger partial charge in [0.25, 0.3) is 0 Å². The lowest BCUT2D eigenvalue weighted by Gasteiger charge is -2.44. The summed E-state index contributed by atoms with van der Waals surface area (Å²) < 4.78 is 45.7. The van der Waals surface area contributed by atoms with Crippen LogP contribution in [0.3, 0.4) is 0 Å². The first-order valence-corrected chi connectivity index (χ1v) is 12.7. The van der Waals surface area contributed by atoms with E-state index in [1.807, 2.05) is 0 Å². The van der Waals surface area contributed by atoms with E-state index in [-0.39, 0.29) is 18.0 Å². The number of esters is 5. The quantitative estimate of drug-likeness (QED) is 0.243. The summed E-state index contributed by atoms with van der Waals surface area (Å²) >= 11 is 5.55. The third-order valence-electron chi connectivity index (χ3n) is 6.02. The monoisotopic (exact) mass is 588 g/mol. The van der Waals surface area contributed by atoms with Gasteiger partial charge in [0, 0.05) is 47.9 Å². The van der Waals surface area contributed by atoms with Crippen molar-refractivity contribution in [1.82, 2.24) is 9.55 Å². The number of hydrogen-bond donors (Lipinski definition) is 1. The minimum atomic E-state index is -1.22. The summed E-state index contributed by atoms with van der Waals surface area (Å²) in [4.78, 5) is 62.0. The topological polar surface area (TPSA) is 180 Å². The van der Waals surface area contributed by atoms with E-state index >= 15 is 0 Å². The molecular weight excluding hydrogens is 556 g/mol. The number of aromatic nitrogens is 2. The van der Waals surface area contributed by atoms with E-state index in [1.54, 1.807) is 0 Å². The van der Waals surface area contributed by atoms with Crippen LogP contribution in [0, 0.1) is 4.77 Å². The van der Waals surface area contributed by atoms with Crippen LogP contribution in [-0.4, -0.2) is 96.5 Å². The Balaban J connectivity index is 2.04. The lowest BCUT2D eigenvalue weighted by atomic mass is 9.96. The van der Waals surface area contributed by atoms with Gasteiger partial charge in [-0.2, -0.15) is 0 Å². The van der Waals surface area contributed by atoms with Crippen LogP contribution < -0.4 is 0 Å². The van der Waals surface area contributed by atoms with Gasteiger partial charge in [0.2, 0.25) is 0 Å². The maximum atomic E-state index is 12.2. The Bertz CT molecular complexity index is 1180. The van der Waals surface area contributed by atoms with Gasteiger partial charge in [-0.15, -0.1) is 0 Å². The second kappa shape index (κ2) is 13.3. The Hall–Kier alpha value is -3.34. The summed E-state index contributed by atoms with van der Waals surface area (Å²) in [7, 11) is 1.34. The predicted octanol–water partition coefficient (Wildman–Crippen LogP) is 0.819. The smallest absolute Gasteiger partial charge is 0.303 e. The van der Waals surface area contributed by atoms with Gasteiger partial charge in [0.15, 0.2) is 35.5 Å². The van der Waals surface area contributed by atoms with Gasteiger partial charge in [-0.3, -0.25) is 24.0 Å². The molecule has 2 aliphatic rings. The summed E-state index contributed by atoms with van der Waals surface area (Å²) in [5.41, 5.74) is 0.341. The molecule has 222 valence electrons. The van der Waals surface area contributed by atoms with Gasteiger partial charge in [-0.1, -0.05) is 0 Å². The van der Waals surface area contributed by atoms with E-state index in [0.29, 0.717) is 5.69 Å². The number of hydrogen-bond acceptors (Lipinski definition) is 14. The Morgan fingerprint density at radius 1 is 0.900 bits per heavy atom. The van der Waals surface area contributed by atoms with Gasteiger partial charge in [-0.25, -0.2) is 0 Å². The van der Waals surface area contributed by atoms with Crippen molar-refractivity contribution in [2.45, 2.75) is 83.6 Å². The number of nitrogens with one attached hydrogen (secondary N) is 1. The minimum absolute atomic E-state index is 0.0519. The Kier molecular flexibility index (Phi) is 10.4. The van der Waals surface area contributed by atoms with Crippen molar-refractivity contribution in [3.8, 4) is 0 Å². The highest BCUT2D eigenvalue weighted by atomic mass is 32.1. The molecule has 0 radical (unpaired) electrons. The zero-order valence-electron chi connectivity index (χ0n) is 22.8. The molecule has 1 aromatic heterocycles. The molecule has 0 amide bonds. The number of methoxy groups -OCH3 is 1. The molecule has 1 aromatic rings. The Morgan fingerprint density at radius 2 is 1.48 bits per heavy atom. The first-order valence-electron chi connectivity index (χ1n) is 12.3. The van der Waals surface area contributed by atoms with Crippen LogP contribution >= 0.6 is 12.2 Å². The number of carbonyl (C=O) groups is 5. The van der Waals surface area contributed by atoms with Crippen molar-refractivity contribution in [1.29, 1.82) is 0 Å². The van der Waals surface area contributed by atoms with Crippen LogP contribution in [0.25, 0.3) is 0 Å². The van der Waals surface area contributed by atoms with Crippen LogP contribution in [-0.2, 0) is 61.9 Å². The van der Waals surface area contributed by atoms with Crippen molar-refractivity contribution < 1.29 is 61.9 Å². The maximum absolute atomic E-state index is 12.2. The second-order valence-corrected chi connectivity index (χ2v) is 9.50. The third-order valence-corrected chi connectivity index (χ3v) is 6.33. The number of rotatable bonds is 9. The molecule has 1 N–H and O–H groups in total. The minimum Gasteiger partial charge on any atom is -0.463 e. The zero-order valence-corrected chi connectivity index (χ0v) is 23.6. The predicted molar refractivity (Wildman–Crippen MR) is 132 cm³/mol. The zero-order chi connectivity index (χ0) is 29.7. The fourth-order valence-electron chi connectivity index (χ4n) is 4.66. The average Bonchev–Trinajstić information content (AvgIpc) is 3.40. The van der Waals surface area contributed by atoms with E-state index < -0.39 is 78.8 Å². The number of nitrogens with zero attached hydrogens (tertiary/aromatic N) is 1. The fraction of sp³-hybridized carbons (Fsp3) is 0.667. The first-order chi connectivity index (χ1) is 18.8. The summed E-state index contributed by atoms with van der Waals surface area (Å²) in [5.74, 6) is -3.20. The molecule has 0 aromatic carbocycles. The maximum Gasteiger partial charge on any atom is 0.303 e. The van der Waals surface area contributed by atoms with Gasteiger partial charge < -0.3 is 47.4 Å². The molecule has 2 saturated heterocycles. The van der Waals surface area contributed by atoms with E-state index in [4.69, 9.17) is 50.1 Å². The van der Waals surface area contributed by atoms with Gasteiger partial charge in [0.05, 0.1) is 12.3 Å². The number of H-pyrrole nitrogens is 1. The van der Waals surface area contributed by atoms with Crippen molar-refractivity contribution in [2.24, 2.45) is 0 Å². The third kappa shape index (κ3) is 7.44. The molecule has 3 rings (SSSR count). The highest BCUT2D eigenvalue weighted by Crippen LogP contribution is 2.38. The van der Waals surface area contributed by atoms with E-state index in [0.717, 1.165) is 6.92 Å². The van der Waals surface area contributed by atoms with Crippen molar-refractivity contribution in [3.05, 3.63) is 16.7 Å².